The van der Waals surface area contributed by atoms with E-state index in [4.69, 9.17) is 30.5 Å². The topological polar surface area (TPSA) is 95.5 Å². The SMILES string of the molecule is CO/N=C(/C(=O)OC)c1cccc(C)c1CO/N=C(\C)c1cc(-c2ccc(Cl)cc2)on1. The summed E-state index contributed by atoms with van der Waals surface area (Å²) in [5, 5.41) is 12.7. The highest BCUT2D eigenvalue weighted by molar-refractivity contribution is 6.43. The molecule has 0 bridgehead atoms. The maximum atomic E-state index is 12.1. The van der Waals surface area contributed by atoms with E-state index in [1.165, 1.54) is 14.2 Å². The fourth-order valence-corrected chi connectivity index (χ4v) is 3.06. The third kappa shape index (κ3) is 5.33. The number of oxime groups is 2. The van der Waals surface area contributed by atoms with Crippen molar-refractivity contribution in [2.24, 2.45) is 10.3 Å². The minimum absolute atomic E-state index is 0.0436. The molecule has 3 rings (SSSR count). The van der Waals surface area contributed by atoms with Crippen molar-refractivity contribution in [2.45, 2.75) is 20.5 Å². The van der Waals surface area contributed by atoms with Crippen molar-refractivity contribution < 1.29 is 23.7 Å². The Morgan fingerprint density at radius 1 is 1.12 bits per heavy atom. The number of hydrogen-bond donors (Lipinski definition) is 0. The molecule has 0 amide bonds. The van der Waals surface area contributed by atoms with Gasteiger partial charge in [-0.1, -0.05) is 45.3 Å². The molecule has 0 saturated carbocycles. The second kappa shape index (κ2) is 10.6. The number of ether oxygens (including phenoxy) is 1. The lowest BCUT2D eigenvalue weighted by Gasteiger charge is -2.12. The monoisotopic (exact) mass is 455 g/mol. The molecule has 0 saturated heterocycles. The molecule has 8 nitrogen and oxygen atoms in total. The van der Waals surface area contributed by atoms with Crippen LogP contribution in [0.1, 0.15) is 29.3 Å². The maximum absolute atomic E-state index is 12.1. The number of esters is 1. The molecule has 32 heavy (non-hydrogen) atoms. The number of halogens is 1. The molecular weight excluding hydrogens is 434 g/mol. The Bertz CT molecular complexity index is 1150. The number of carbonyl (C=O) groups is 1. The third-order valence-electron chi connectivity index (χ3n) is 4.65. The zero-order valence-electron chi connectivity index (χ0n) is 18.1. The number of carbonyl (C=O) groups excluding carboxylic acids is 1. The Balaban J connectivity index is 1.78. The molecule has 0 fully saturated rings. The smallest absolute Gasteiger partial charge is 0.360 e. The zero-order chi connectivity index (χ0) is 23.1. The minimum atomic E-state index is -0.615. The van der Waals surface area contributed by atoms with Gasteiger partial charge in [-0.3, -0.25) is 0 Å². The van der Waals surface area contributed by atoms with Crippen LogP contribution in [0, 0.1) is 6.92 Å². The average Bonchev–Trinajstić information content (AvgIpc) is 3.29. The molecule has 3 aromatic rings. The van der Waals surface area contributed by atoms with E-state index in [9.17, 15) is 4.79 Å². The van der Waals surface area contributed by atoms with E-state index in [0.717, 1.165) is 16.7 Å². The van der Waals surface area contributed by atoms with Gasteiger partial charge in [0.25, 0.3) is 0 Å². The number of rotatable bonds is 8. The molecule has 0 aliphatic rings. The predicted octanol–water partition coefficient (Wildman–Crippen LogP) is 4.77. The van der Waals surface area contributed by atoms with E-state index < -0.39 is 5.97 Å². The van der Waals surface area contributed by atoms with Crippen molar-refractivity contribution in [3.8, 4) is 11.3 Å². The van der Waals surface area contributed by atoms with E-state index >= 15 is 0 Å². The predicted molar refractivity (Wildman–Crippen MR) is 121 cm³/mol. The average molecular weight is 456 g/mol. The first-order valence-electron chi connectivity index (χ1n) is 9.62. The fourth-order valence-electron chi connectivity index (χ4n) is 2.94. The van der Waals surface area contributed by atoms with Gasteiger partial charge < -0.3 is 18.9 Å². The molecule has 0 radical (unpaired) electrons. The Kier molecular flexibility index (Phi) is 7.62. The second-order valence-corrected chi connectivity index (χ2v) is 7.18. The molecule has 1 aromatic heterocycles. The largest absolute Gasteiger partial charge is 0.464 e. The Morgan fingerprint density at radius 3 is 2.56 bits per heavy atom. The Hall–Kier alpha value is -3.65. The summed E-state index contributed by atoms with van der Waals surface area (Å²) in [4.78, 5) is 22.5. The summed E-state index contributed by atoms with van der Waals surface area (Å²) in [6, 6.07) is 14.5. The van der Waals surface area contributed by atoms with Crippen LogP contribution in [0.2, 0.25) is 5.02 Å². The molecule has 0 spiro atoms. The fraction of sp³-hybridized carbons (Fsp3) is 0.217. The summed E-state index contributed by atoms with van der Waals surface area (Å²) in [5.74, 6) is -0.0263. The second-order valence-electron chi connectivity index (χ2n) is 6.75. The maximum Gasteiger partial charge on any atom is 0.360 e. The highest BCUT2D eigenvalue weighted by Gasteiger charge is 2.20. The Labute approximate surface area is 190 Å². The van der Waals surface area contributed by atoms with E-state index in [1.807, 2.05) is 31.2 Å². The van der Waals surface area contributed by atoms with E-state index in [0.29, 0.717) is 27.8 Å². The minimum Gasteiger partial charge on any atom is -0.464 e. The summed E-state index contributed by atoms with van der Waals surface area (Å²) in [7, 11) is 2.64. The van der Waals surface area contributed by atoms with Crippen molar-refractivity contribution in [1.82, 2.24) is 5.16 Å². The van der Waals surface area contributed by atoms with E-state index in [2.05, 4.69) is 15.5 Å². The number of methoxy groups -OCH3 is 1. The highest BCUT2D eigenvalue weighted by atomic mass is 35.5. The van der Waals surface area contributed by atoms with Crippen molar-refractivity contribution in [2.75, 3.05) is 14.2 Å². The van der Waals surface area contributed by atoms with Crippen LogP contribution in [-0.2, 0) is 25.8 Å². The lowest BCUT2D eigenvalue weighted by atomic mass is 9.99. The van der Waals surface area contributed by atoms with Crippen molar-refractivity contribution in [3.05, 3.63) is 75.9 Å². The molecule has 1 heterocycles. The lowest BCUT2D eigenvalue weighted by Crippen LogP contribution is -2.20. The van der Waals surface area contributed by atoms with Gasteiger partial charge in [0.2, 0.25) is 0 Å². The van der Waals surface area contributed by atoms with E-state index in [-0.39, 0.29) is 12.3 Å². The molecule has 2 aromatic carbocycles. The lowest BCUT2D eigenvalue weighted by molar-refractivity contribution is -0.132. The van der Waals surface area contributed by atoms with Crippen LogP contribution in [0.25, 0.3) is 11.3 Å². The first-order valence-corrected chi connectivity index (χ1v) is 10.00. The van der Waals surface area contributed by atoms with Gasteiger partial charge in [0.05, 0.1) is 7.11 Å². The first kappa shape index (κ1) is 23.0. The zero-order valence-corrected chi connectivity index (χ0v) is 18.8. The van der Waals surface area contributed by atoms with Crippen LogP contribution in [-0.4, -0.2) is 36.8 Å². The third-order valence-corrected chi connectivity index (χ3v) is 4.90. The van der Waals surface area contributed by atoms with Crippen LogP contribution in [0.3, 0.4) is 0 Å². The quantitative estimate of drug-likeness (QED) is 0.276. The van der Waals surface area contributed by atoms with Crippen LogP contribution in [0.15, 0.2) is 63.4 Å². The van der Waals surface area contributed by atoms with Gasteiger partial charge in [-0.05, 0) is 43.7 Å². The number of hydrogen-bond acceptors (Lipinski definition) is 8. The first-order chi connectivity index (χ1) is 15.4. The van der Waals surface area contributed by atoms with Crippen LogP contribution < -0.4 is 0 Å². The van der Waals surface area contributed by atoms with Crippen LogP contribution in [0.5, 0.6) is 0 Å². The number of nitrogens with zero attached hydrogens (tertiary/aromatic N) is 3. The van der Waals surface area contributed by atoms with Gasteiger partial charge in [-0.2, -0.15) is 0 Å². The molecule has 0 aliphatic carbocycles. The van der Waals surface area contributed by atoms with Crippen molar-refractivity contribution in [3.63, 3.8) is 0 Å². The van der Waals surface area contributed by atoms with Gasteiger partial charge in [-0.25, -0.2) is 4.79 Å². The number of benzene rings is 2. The van der Waals surface area contributed by atoms with Gasteiger partial charge in [0, 0.05) is 27.8 Å². The normalized spacial score (nSPS) is 11.9. The van der Waals surface area contributed by atoms with Crippen molar-refractivity contribution >= 4 is 29.0 Å². The highest BCUT2D eigenvalue weighted by Crippen LogP contribution is 2.23. The van der Waals surface area contributed by atoms with Gasteiger partial charge in [-0.15, -0.1) is 0 Å². The van der Waals surface area contributed by atoms with Crippen molar-refractivity contribution in [1.29, 1.82) is 0 Å². The summed E-state index contributed by atoms with van der Waals surface area (Å²) in [6.45, 7) is 3.76. The standard InChI is InChI=1S/C23H22ClN3O5/c1-14-6-5-7-18(22(27-30-4)23(28)29-3)19(14)13-31-25-15(2)20-12-21(32-26-20)16-8-10-17(24)11-9-16/h5-12H,13H2,1-4H3/b25-15+,27-22+. The van der Waals surface area contributed by atoms with Crippen LogP contribution >= 0.6 is 11.6 Å². The van der Waals surface area contributed by atoms with Gasteiger partial charge >= 0.3 is 5.97 Å². The summed E-state index contributed by atoms with van der Waals surface area (Å²) in [6.07, 6.45) is 0. The molecule has 166 valence electrons. The molecule has 0 aliphatic heterocycles. The molecule has 9 heteroatoms. The van der Waals surface area contributed by atoms with E-state index in [1.54, 1.807) is 31.2 Å². The molecular formula is C23H22ClN3O5. The Morgan fingerprint density at radius 2 is 1.88 bits per heavy atom. The molecule has 0 N–H and O–H groups in total. The number of aryl methyl sites for hydroxylation is 1. The summed E-state index contributed by atoms with van der Waals surface area (Å²) >= 11 is 5.93. The summed E-state index contributed by atoms with van der Waals surface area (Å²) < 4.78 is 10.2. The molecule has 0 atom stereocenters. The van der Waals surface area contributed by atoms with Gasteiger partial charge in [0.15, 0.2) is 11.5 Å². The summed E-state index contributed by atoms with van der Waals surface area (Å²) in [5.41, 5.74) is 4.13. The van der Waals surface area contributed by atoms with Crippen LogP contribution in [0.4, 0.5) is 0 Å². The molecule has 0 unspecified atom stereocenters. The van der Waals surface area contributed by atoms with Gasteiger partial charge in [0.1, 0.15) is 25.1 Å². The number of aromatic nitrogens is 1.